The highest BCUT2D eigenvalue weighted by atomic mass is 19.1. The van der Waals surface area contributed by atoms with E-state index in [-0.39, 0.29) is 11.9 Å². The van der Waals surface area contributed by atoms with Crippen LogP contribution in [0, 0.1) is 5.82 Å². The van der Waals surface area contributed by atoms with Gasteiger partial charge in [-0.2, -0.15) is 5.10 Å². The number of aromatic amines is 2. The van der Waals surface area contributed by atoms with Gasteiger partial charge in [0, 0.05) is 47.7 Å². The Kier molecular flexibility index (Phi) is 5.71. The van der Waals surface area contributed by atoms with E-state index in [1.165, 1.54) is 12.1 Å². The molecule has 184 valence electrons. The molecule has 4 aromatic heterocycles. The van der Waals surface area contributed by atoms with Crippen LogP contribution in [-0.2, 0) is 0 Å². The lowest BCUT2D eigenvalue weighted by Gasteiger charge is -2.18. The number of nitrogens with one attached hydrogen (secondary N) is 2. The third-order valence-corrected chi connectivity index (χ3v) is 6.37. The number of rotatable bonds is 6. The zero-order chi connectivity index (χ0) is 25.5. The van der Waals surface area contributed by atoms with Crippen LogP contribution in [0.25, 0.3) is 55.8 Å². The summed E-state index contributed by atoms with van der Waals surface area (Å²) in [7, 11) is 3.87. The summed E-state index contributed by atoms with van der Waals surface area (Å²) in [6.45, 7) is 0.598. The maximum absolute atomic E-state index is 14.6. The number of hydrogen-bond donors (Lipinski definition) is 3. The Morgan fingerprint density at radius 2 is 1.84 bits per heavy atom. The van der Waals surface area contributed by atoms with Crippen LogP contribution in [0.5, 0.6) is 0 Å². The lowest BCUT2D eigenvalue weighted by atomic mass is 10.0. The number of fused-ring (bicyclic) bond motifs is 2. The van der Waals surface area contributed by atoms with Crippen LogP contribution in [0.4, 0.5) is 4.39 Å². The maximum atomic E-state index is 14.6. The predicted molar refractivity (Wildman–Crippen MR) is 143 cm³/mol. The van der Waals surface area contributed by atoms with Gasteiger partial charge in [-0.05, 0) is 67.7 Å². The molecule has 9 heteroatoms. The highest BCUT2D eigenvalue weighted by Crippen LogP contribution is 2.33. The molecule has 0 aliphatic carbocycles. The zero-order valence-corrected chi connectivity index (χ0v) is 20.4. The van der Waals surface area contributed by atoms with Crippen molar-refractivity contribution in [2.75, 3.05) is 20.6 Å². The van der Waals surface area contributed by atoms with Crippen molar-refractivity contribution in [2.45, 2.75) is 6.04 Å². The van der Waals surface area contributed by atoms with Gasteiger partial charge in [-0.15, -0.1) is 0 Å². The molecule has 2 aromatic carbocycles. The molecule has 0 aliphatic rings. The van der Waals surface area contributed by atoms with Crippen molar-refractivity contribution in [1.82, 2.24) is 35.0 Å². The summed E-state index contributed by atoms with van der Waals surface area (Å²) in [5.41, 5.74) is 13.3. The number of halogens is 1. The third-order valence-electron chi connectivity index (χ3n) is 6.37. The Balaban J connectivity index is 1.45. The van der Waals surface area contributed by atoms with Gasteiger partial charge in [0.15, 0.2) is 5.82 Å². The first-order chi connectivity index (χ1) is 18.0. The quantitative estimate of drug-likeness (QED) is 0.304. The molecule has 6 aromatic rings. The van der Waals surface area contributed by atoms with E-state index >= 15 is 0 Å². The smallest absolute Gasteiger partial charge is 0.159 e. The first kappa shape index (κ1) is 23.0. The molecule has 0 saturated carbocycles. The number of H-pyrrole nitrogens is 2. The van der Waals surface area contributed by atoms with E-state index in [0.29, 0.717) is 40.4 Å². The summed E-state index contributed by atoms with van der Waals surface area (Å²) < 4.78 is 14.6. The van der Waals surface area contributed by atoms with Gasteiger partial charge < -0.3 is 15.6 Å². The molecule has 0 bridgehead atoms. The monoisotopic (exact) mass is 492 g/mol. The van der Waals surface area contributed by atoms with Crippen molar-refractivity contribution in [2.24, 2.45) is 5.73 Å². The van der Waals surface area contributed by atoms with Gasteiger partial charge in [0.2, 0.25) is 0 Å². The van der Waals surface area contributed by atoms with Gasteiger partial charge in [-0.1, -0.05) is 12.1 Å². The molecule has 0 radical (unpaired) electrons. The van der Waals surface area contributed by atoms with Crippen molar-refractivity contribution in [3.05, 3.63) is 84.6 Å². The number of nitrogens with zero attached hydrogens (tertiary/aromatic N) is 5. The molecular formula is C28H25FN8. The van der Waals surface area contributed by atoms with Gasteiger partial charge in [0.25, 0.3) is 0 Å². The molecule has 6 rings (SSSR count). The Bertz CT molecular complexity index is 1720. The molecule has 0 amide bonds. The molecule has 1 atom stereocenters. The van der Waals surface area contributed by atoms with Crippen molar-refractivity contribution in [3.63, 3.8) is 0 Å². The molecule has 0 spiro atoms. The van der Waals surface area contributed by atoms with Gasteiger partial charge in [-0.25, -0.2) is 9.37 Å². The fourth-order valence-corrected chi connectivity index (χ4v) is 4.63. The van der Waals surface area contributed by atoms with E-state index in [1.807, 2.05) is 61.6 Å². The second kappa shape index (κ2) is 9.20. The van der Waals surface area contributed by atoms with Gasteiger partial charge >= 0.3 is 0 Å². The number of imidazole rings is 1. The van der Waals surface area contributed by atoms with Gasteiger partial charge in [0.05, 0.1) is 16.7 Å². The Labute approximate surface area is 212 Å². The Morgan fingerprint density at radius 3 is 2.65 bits per heavy atom. The minimum absolute atomic E-state index is 0.331. The van der Waals surface area contributed by atoms with Crippen molar-refractivity contribution < 1.29 is 4.39 Å². The Morgan fingerprint density at radius 1 is 0.946 bits per heavy atom. The molecule has 0 fully saturated rings. The number of aromatic nitrogens is 6. The normalized spacial score (nSPS) is 12.6. The number of nitrogens with two attached hydrogens (primary N) is 1. The highest BCUT2D eigenvalue weighted by molar-refractivity contribution is 5.97. The molecule has 4 heterocycles. The summed E-state index contributed by atoms with van der Waals surface area (Å²) in [4.78, 5) is 19.0. The summed E-state index contributed by atoms with van der Waals surface area (Å²) in [6, 6.07) is 16.4. The number of hydrogen-bond acceptors (Lipinski definition) is 6. The SMILES string of the molecule is CN(C)CC(N)c1cc(F)cc(-c2nccc3[nH]c(-c4n[nH]c5ccc(-c6cccnc6)cc45)nc23)c1. The van der Waals surface area contributed by atoms with E-state index in [0.717, 1.165) is 27.5 Å². The average Bonchev–Trinajstić information content (AvgIpc) is 3.52. The standard InChI is InChI=1S/C28H25FN8/c1-37(2)15-22(30)18-10-19(12-20(29)11-18)25-27-24(7-9-32-25)33-28(34-27)26-21-13-16(5-6-23(21)35-36-26)17-4-3-8-31-14-17/h3-14,22H,15,30H2,1-2H3,(H,33,34)(H,35,36). The Hall–Kier alpha value is -4.47. The van der Waals surface area contributed by atoms with Crippen LogP contribution in [0.1, 0.15) is 11.6 Å². The first-order valence-corrected chi connectivity index (χ1v) is 11.9. The van der Waals surface area contributed by atoms with Crippen LogP contribution in [0.15, 0.2) is 73.2 Å². The number of likely N-dealkylation sites (N-methyl/N-ethyl adjacent to an activating group) is 1. The summed E-state index contributed by atoms with van der Waals surface area (Å²) in [6.07, 6.45) is 5.27. The minimum Gasteiger partial charge on any atom is -0.336 e. The second-order valence-electron chi connectivity index (χ2n) is 9.36. The summed E-state index contributed by atoms with van der Waals surface area (Å²) in [5, 5.41) is 8.56. The molecule has 1 unspecified atom stereocenters. The van der Waals surface area contributed by atoms with E-state index in [2.05, 4.69) is 31.2 Å². The maximum Gasteiger partial charge on any atom is 0.159 e. The molecule has 0 aliphatic heterocycles. The van der Waals surface area contributed by atoms with Crippen LogP contribution < -0.4 is 5.73 Å². The molecule has 8 nitrogen and oxygen atoms in total. The predicted octanol–water partition coefficient (Wildman–Crippen LogP) is 4.93. The van der Waals surface area contributed by atoms with Crippen molar-refractivity contribution in [3.8, 4) is 33.9 Å². The topological polar surface area (TPSA) is 112 Å². The van der Waals surface area contributed by atoms with Crippen LogP contribution in [0.2, 0.25) is 0 Å². The van der Waals surface area contributed by atoms with E-state index in [4.69, 9.17) is 10.7 Å². The van der Waals surface area contributed by atoms with E-state index in [9.17, 15) is 4.39 Å². The van der Waals surface area contributed by atoms with E-state index in [1.54, 1.807) is 12.4 Å². The molecule has 4 N–H and O–H groups in total. The summed E-state index contributed by atoms with van der Waals surface area (Å²) in [5.74, 6) is 0.234. The third kappa shape index (κ3) is 4.35. The van der Waals surface area contributed by atoms with E-state index < -0.39 is 0 Å². The molecule has 0 saturated heterocycles. The minimum atomic E-state index is -0.363. The van der Waals surface area contributed by atoms with Crippen molar-refractivity contribution in [1.29, 1.82) is 0 Å². The summed E-state index contributed by atoms with van der Waals surface area (Å²) >= 11 is 0. The van der Waals surface area contributed by atoms with Crippen LogP contribution >= 0.6 is 0 Å². The fourth-order valence-electron chi connectivity index (χ4n) is 4.63. The first-order valence-electron chi connectivity index (χ1n) is 11.9. The molecule has 37 heavy (non-hydrogen) atoms. The van der Waals surface area contributed by atoms with Crippen LogP contribution in [-0.4, -0.2) is 55.7 Å². The van der Waals surface area contributed by atoms with Crippen molar-refractivity contribution >= 4 is 21.9 Å². The lowest BCUT2D eigenvalue weighted by molar-refractivity contribution is 0.376. The fraction of sp³-hybridized carbons (Fsp3) is 0.143. The molecular weight excluding hydrogens is 467 g/mol. The lowest BCUT2D eigenvalue weighted by Crippen LogP contribution is -2.26. The number of pyridine rings is 2. The average molecular weight is 493 g/mol. The van der Waals surface area contributed by atoms with Gasteiger partial charge in [0.1, 0.15) is 17.0 Å². The number of benzene rings is 2. The highest BCUT2D eigenvalue weighted by Gasteiger charge is 2.18. The zero-order valence-electron chi connectivity index (χ0n) is 20.4. The van der Waals surface area contributed by atoms with Crippen LogP contribution in [0.3, 0.4) is 0 Å². The largest absolute Gasteiger partial charge is 0.336 e. The van der Waals surface area contributed by atoms with Gasteiger partial charge in [-0.3, -0.25) is 15.1 Å². The second-order valence-corrected chi connectivity index (χ2v) is 9.36.